The number of nitrogens with one attached hydrogen (secondary N) is 2. The summed E-state index contributed by atoms with van der Waals surface area (Å²) in [5.74, 6) is 1.18. The molecule has 3 heterocycles. The van der Waals surface area contributed by atoms with E-state index in [1.807, 2.05) is 12.1 Å². The van der Waals surface area contributed by atoms with Crippen LogP contribution in [0.3, 0.4) is 0 Å². The highest BCUT2D eigenvalue weighted by Gasteiger charge is 2.09. The summed E-state index contributed by atoms with van der Waals surface area (Å²) in [6.07, 6.45) is 3.33. The lowest BCUT2D eigenvalue weighted by Crippen LogP contribution is -2.05. The molecule has 3 aromatic heterocycles. The lowest BCUT2D eigenvalue weighted by Gasteiger charge is -2.09. The number of hydrogen-bond donors (Lipinski definition) is 2. The number of methoxy groups -OCH3 is 1. The predicted octanol–water partition coefficient (Wildman–Crippen LogP) is 2.02. The maximum absolute atomic E-state index is 5.87. The molecule has 20 heavy (non-hydrogen) atoms. The van der Waals surface area contributed by atoms with Crippen LogP contribution in [0.1, 0.15) is 5.56 Å². The highest BCUT2D eigenvalue weighted by Crippen LogP contribution is 2.22. The van der Waals surface area contributed by atoms with Crippen LogP contribution in [-0.4, -0.2) is 32.3 Å². The van der Waals surface area contributed by atoms with E-state index in [1.54, 1.807) is 19.5 Å². The quantitative estimate of drug-likeness (QED) is 0.715. The first-order valence-electron chi connectivity index (χ1n) is 5.86. The number of halogens is 1. The maximum Gasteiger partial charge on any atom is 0.226 e. The van der Waals surface area contributed by atoms with E-state index in [9.17, 15) is 0 Å². The molecule has 7 nitrogen and oxygen atoms in total. The first-order chi connectivity index (χ1) is 9.78. The molecule has 0 fully saturated rings. The Morgan fingerprint density at radius 3 is 3.15 bits per heavy atom. The molecule has 0 radical (unpaired) electrons. The summed E-state index contributed by atoms with van der Waals surface area (Å²) in [5.41, 5.74) is 1.51. The van der Waals surface area contributed by atoms with Gasteiger partial charge in [0.05, 0.1) is 18.7 Å². The number of ether oxygens (including phenoxy) is 1. The molecule has 3 aromatic rings. The lowest BCUT2D eigenvalue weighted by molar-refractivity contribution is 0.393. The summed E-state index contributed by atoms with van der Waals surface area (Å²) in [6.45, 7) is 0.505. The van der Waals surface area contributed by atoms with Gasteiger partial charge in [-0.05, 0) is 17.7 Å². The number of H-pyrrole nitrogens is 1. The van der Waals surface area contributed by atoms with Crippen molar-refractivity contribution in [3.8, 4) is 5.88 Å². The highest BCUT2D eigenvalue weighted by molar-refractivity contribution is 6.28. The molecule has 0 bridgehead atoms. The molecule has 0 saturated carbocycles. The van der Waals surface area contributed by atoms with Crippen LogP contribution in [0.15, 0.2) is 24.5 Å². The van der Waals surface area contributed by atoms with E-state index in [2.05, 4.69) is 30.5 Å². The van der Waals surface area contributed by atoms with Gasteiger partial charge in [0.1, 0.15) is 5.82 Å². The summed E-state index contributed by atoms with van der Waals surface area (Å²) in [7, 11) is 1.58. The van der Waals surface area contributed by atoms with E-state index in [0.717, 1.165) is 10.9 Å². The van der Waals surface area contributed by atoms with Crippen LogP contribution in [0.4, 0.5) is 5.82 Å². The Morgan fingerprint density at radius 2 is 2.30 bits per heavy atom. The maximum atomic E-state index is 5.87. The average Bonchev–Trinajstić information content (AvgIpc) is 2.93. The van der Waals surface area contributed by atoms with E-state index in [1.165, 1.54) is 0 Å². The van der Waals surface area contributed by atoms with Gasteiger partial charge in [0.25, 0.3) is 0 Å². The van der Waals surface area contributed by atoms with Gasteiger partial charge in [0.2, 0.25) is 11.2 Å². The van der Waals surface area contributed by atoms with Crippen LogP contribution in [0, 0.1) is 0 Å². The second-order valence-corrected chi connectivity index (χ2v) is 4.34. The van der Waals surface area contributed by atoms with Crippen molar-refractivity contribution in [3.63, 3.8) is 0 Å². The fourth-order valence-corrected chi connectivity index (χ4v) is 2.03. The van der Waals surface area contributed by atoms with Crippen molar-refractivity contribution >= 4 is 28.5 Å². The van der Waals surface area contributed by atoms with E-state index in [4.69, 9.17) is 16.3 Å². The van der Waals surface area contributed by atoms with E-state index >= 15 is 0 Å². The Kier molecular flexibility index (Phi) is 3.34. The Hall–Kier alpha value is -2.41. The normalized spacial score (nSPS) is 10.7. The van der Waals surface area contributed by atoms with Gasteiger partial charge in [-0.1, -0.05) is 6.07 Å². The van der Waals surface area contributed by atoms with Crippen molar-refractivity contribution in [2.75, 3.05) is 12.4 Å². The minimum absolute atomic E-state index is 0.155. The van der Waals surface area contributed by atoms with Crippen LogP contribution < -0.4 is 10.1 Å². The minimum Gasteiger partial charge on any atom is -0.481 e. The van der Waals surface area contributed by atoms with Gasteiger partial charge in [0, 0.05) is 18.3 Å². The molecule has 2 N–H and O–H groups in total. The van der Waals surface area contributed by atoms with Gasteiger partial charge in [-0.15, -0.1) is 0 Å². The van der Waals surface area contributed by atoms with Crippen LogP contribution in [0.25, 0.3) is 11.0 Å². The number of fused-ring (bicyclic) bond motifs is 1. The van der Waals surface area contributed by atoms with Gasteiger partial charge < -0.3 is 10.1 Å². The smallest absolute Gasteiger partial charge is 0.226 e. The van der Waals surface area contributed by atoms with Gasteiger partial charge in [-0.3, -0.25) is 5.10 Å². The third kappa shape index (κ3) is 2.35. The number of aromatic amines is 1. The highest BCUT2D eigenvalue weighted by atomic mass is 35.5. The number of hydrogen-bond acceptors (Lipinski definition) is 6. The molecule has 0 aliphatic rings. The fraction of sp³-hybridized carbons (Fsp3) is 0.167. The molecule has 102 valence electrons. The van der Waals surface area contributed by atoms with Crippen LogP contribution in [0.5, 0.6) is 5.88 Å². The number of pyridine rings is 1. The Labute approximate surface area is 119 Å². The Morgan fingerprint density at radius 1 is 1.40 bits per heavy atom. The van der Waals surface area contributed by atoms with E-state index in [-0.39, 0.29) is 5.28 Å². The SMILES string of the molecule is COc1ncccc1CNc1nc(Cl)nc2[nH]ncc12. The second-order valence-electron chi connectivity index (χ2n) is 4.00. The first-order valence-corrected chi connectivity index (χ1v) is 6.24. The molecule has 0 aliphatic carbocycles. The fourth-order valence-electron chi connectivity index (χ4n) is 1.86. The molecule has 8 heteroatoms. The minimum atomic E-state index is 0.155. The van der Waals surface area contributed by atoms with Crippen molar-refractivity contribution in [2.24, 2.45) is 0 Å². The van der Waals surface area contributed by atoms with Crippen molar-refractivity contribution in [2.45, 2.75) is 6.54 Å². The molecule has 0 atom stereocenters. The molecule has 0 aromatic carbocycles. The molecule has 0 aliphatic heterocycles. The molecular weight excluding hydrogens is 280 g/mol. The number of anilines is 1. The van der Waals surface area contributed by atoms with Crippen molar-refractivity contribution in [3.05, 3.63) is 35.4 Å². The zero-order valence-corrected chi connectivity index (χ0v) is 11.3. The molecule has 3 rings (SSSR count). The number of aromatic nitrogens is 5. The summed E-state index contributed by atoms with van der Waals surface area (Å²) >= 11 is 5.87. The summed E-state index contributed by atoms with van der Waals surface area (Å²) in [4.78, 5) is 12.4. The first kappa shape index (κ1) is 12.6. The van der Waals surface area contributed by atoms with E-state index < -0.39 is 0 Å². The third-order valence-corrected chi connectivity index (χ3v) is 2.94. The van der Waals surface area contributed by atoms with Crippen molar-refractivity contribution in [1.29, 1.82) is 0 Å². The van der Waals surface area contributed by atoms with Gasteiger partial charge in [0.15, 0.2) is 5.65 Å². The predicted molar refractivity (Wildman–Crippen MR) is 74.8 cm³/mol. The number of rotatable bonds is 4. The van der Waals surface area contributed by atoms with Gasteiger partial charge >= 0.3 is 0 Å². The third-order valence-electron chi connectivity index (χ3n) is 2.77. The molecule has 0 amide bonds. The zero-order valence-electron chi connectivity index (χ0n) is 10.6. The lowest BCUT2D eigenvalue weighted by atomic mass is 10.2. The largest absolute Gasteiger partial charge is 0.481 e. The molecular formula is C12H11ClN6O. The van der Waals surface area contributed by atoms with Crippen LogP contribution in [0.2, 0.25) is 5.28 Å². The summed E-state index contributed by atoms with van der Waals surface area (Å²) in [6, 6.07) is 3.77. The van der Waals surface area contributed by atoms with Gasteiger partial charge in [-0.2, -0.15) is 15.1 Å². The topological polar surface area (TPSA) is 88.6 Å². The average molecular weight is 291 g/mol. The Balaban J connectivity index is 1.88. The summed E-state index contributed by atoms with van der Waals surface area (Å²) in [5, 5.41) is 10.8. The summed E-state index contributed by atoms with van der Waals surface area (Å²) < 4.78 is 5.20. The molecule has 0 saturated heterocycles. The van der Waals surface area contributed by atoms with Gasteiger partial charge in [-0.25, -0.2) is 4.98 Å². The Bertz CT molecular complexity index is 744. The number of nitrogens with zero attached hydrogens (tertiary/aromatic N) is 4. The zero-order chi connectivity index (χ0) is 13.9. The monoisotopic (exact) mass is 290 g/mol. The molecule has 0 spiro atoms. The second kappa shape index (κ2) is 5.30. The van der Waals surface area contributed by atoms with Crippen LogP contribution in [-0.2, 0) is 6.54 Å². The van der Waals surface area contributed by atoms with E-state index in [0.29, 0.717) is 23.9 Å². The van der Waals surface area contributed by atoms with Crippen molar-refractivity contribution < 1.29 is 4.74 Å². The van der Waals surface area contributed by atoms with Crippen molar-refractivity contribution in [1.82, 2.24) is 25.1 Å². The van der Waals surface area contributed by atoms with Crippen LogP contribution >= 0.6 is 11.6 Å². The standard InChI is InChI=1S/C12H11ClN6O/c1-20-11-7(3-2-4-14-11)5-15-9-8-6-16-19-10(8)18-12(13)17-9/h2-4,6H,5H2,1H3,(H2,15,16,17,18,19). The molecule has 0 unspecified atom stereocenters.